The normalized spacial score (nSPS) is 14.6. The zero-order valence-electron chi connectivity index (χ0n) is 17.6. The van der Waals surface area contributed by atoms with E-state index in [0.29, 0.717) is 6.42 Å². The molecule has 0 atom stereocenters. The van der Waals surface area contributed by atoms with E-state index >= 15 is 0 Å². The van der Waals surface area contributed by atoms with Crippen molar-refractivity contribution in [3.8, 4) is 0 Å². The van der Waals surface area contributed by atoms with Gasteiger partial charge in [0.05, 0.1) is 16.8 Å². The first-order chi connectivity index (χ1) is 15.2. The second kappa shape index (κ2) is 10.5. The van der Waals surface area contributed by atoms with Crippen molar-refractivity contribution < 1.29 is 4.79 Å². The predicted molar refractivity (Wildman–Crippen MR) is 128 cm³/mol. The van der Waals surface area contributed by atoms with Crippen LogP contribution in [0.15, 0.2) is 84.9 Å². The van der Waals surface area contributed by atoms with Crippen LogP contribution in [0, 0.1) is 0 Å². The SMILES string of the molecule is O=C(CCN1CCN(c2ccccc2Cl)CC1)NC(c1ccccc1)c1ccccc1. The Morgan fingerprint density at radius 2 is 1.35 bits per heavy atom. The molecular formula is C26H28ClN3O. The summed E-state index contributed by atoms with van der Waals surface area (Å²) >= 11 is 6.34. The third-order valence-corrected chi connectivity index (χ3v) is 6.11. The van der Waals surface area contributed by atoms with E-state index in [2.05, 4.69) is 45.4 Å². The molecule has 1 fully saturated rings. The largest absolute Gasteiger partial charge is 0.368 e. The Balaban J connectivity index is 1.31. The van der Waals surface area contributed by atoms with Crippen LogP contribution in [0.3, 0.4) is 0 Å². The maximum absolute atomic E-state index is 12.8. The van der Waals surface area contributed by atoms with Gasteiger partial charge >= 0.3 is 0 Å². The average molecular weight is 434 g/mol. The van der Waals surface area contributed by atoms with E-state index in [9.17, 15) is 4.79 Å². The monoisotopic (exact) mass is 433 g/mol. The molecule has 3 aromatic carbocycles. The predicted octanol–water partition coefficient (Wildman–Crippen LogP) is 4.76. The molecule has 0 unspecified atom stereocenters. The van der Waals surface area contributed by atoms with Crippen LogP contribution in [-0.2, 0) is 4.79 Å². The lowest BCUT2D eigenvalue weighted by Crippen LogP contribution is -2.47. The molecule has 1 heterocycles. The average Bonchev–Trinajstić information content (AvgIpc) is 2.83. The lowest BCUT2D eigenvalue weighted by Gasteiger charge is -2.36. The summed E-state index contributed by atoms with van der Waals surface area (Å²) in [6, 6.07) is 28.1. The number of nitrogens with zero attached hydrogens (tertiary/aromatic N) is 2. The van der Waals surface area contributed by atoms with Crippen molar-refractivity contribution in [3.63, 3.8) is 0 Å². The van der Waals surface area contributed by atoms with Crippen LogP contribution in [0.2, 0.25) is 5.02 Å². The van der Waals surface area contributed by atoms with Gasteiger partial charge in [0.15, 0.2) is 0 Å². The van der Waals surface area contributed by atoms with Crippen LogP contribution < -0.4 is 10.2 Å². The molecule has 0 aliphatic carbocycles. The fraction of sp³-hybridized carbons (Fsp3) is 0.269. The van der Waals surface area contributed by atoms with Crippen molar-refractivity contribution in [2.45, 2.75) is 12.5 Å². The molecule has 1 amide bonds. The number of rotatable bonds is 7. The van der Waals surface area contributed by atoms with E-state index in [4.69, 9.17) is 11.6 Å². The van der Waals surface area contributed by atoms with E-state index < -0.39 is 0 Å². The Morgan fingerprint density at radius 1 is 0.806 bits per heavy atom. The van der Waals surface area contributed by atoms with Gasteiger partial charge < -0.3 is 10.2 Å². The van der Waals surface area contributed by atoms with Gasteiger partial charge in [-0.15, -0.1) is 0 Å². The van der Waals surface area contributed by atoms with Crippen LogP contribution >= 0.6 is 11.6 Å². The highest BCUT2D eigenvalue weighted by Gasteiger charge is 2.21. The first-order valence-corrected chi connectivity index (χ1v) is 11.2. The summed E-state index contributed by atoms with van der Waals surface area (Å²) in [5, 5.41) is 4.03. The van der Waals surface area contributed by atoms with Crippen molar-refractivity contribution in [1.82, 2.24) is 10.2 Å². The Hall–Kier alpha value is -2.82. The topological polar surface area (TPSA) is 35.6 Å². The first-order valence-electron chi connectivity index (χ1n) is 10.8. The maximum atomic E-state index is 12.8. The van der Waals surface area contributed by atoms with Crippen LogP contribution in [0.4, 0.5) is 5.69 Å². The standard InChI is InChI=1S/C26H28ClN3O/c27-23-13-7-8-14-24(23)30-19-17-29(18-20-30)16-15-25(31)28-26(21-9-3-1-4-10-21)22-11-5-2-6-12-22/h1-14,26H,15-20H2,(H,28,31). The highest BCUT2D eigenvalue weighted by molar-refractivity contribution is 6.33. The number of carbonyl (C=O) groups is 1. The summed E-state index contributed by atoms with van der Waals surface area (Å²) in [5.41, 5.74) is 3.28. The first kappa shape index (κ1) is 21.4. The molecule has 1 saturated heterocycles. The molecule has 5 heteroatoms. The number of benzene rings is 3. The second-order valence-electron chi connectivity index (χ2n) is 7.85. The molecule has 0 spiro atoms. The highest BCUT2D eigenvalue weighted by atomic mass is 35.5. The number of carbonyl (C=O) groups excluding carboxylic acids is 1. The quantitative estimate of drug-likeness (QED) is 0.583. The summed E-state index contributed by atoms with van der Waals surface area (Å²) in [5.74, 6) is 0.0752. The van der Waals surface area contributed by atoms with E-state index in [0.717, 1.165) is 54.6 Å². The minimum absolute atomic E-state index is 0.0752. The van der Waals surface area contributed by atoms with Gasteiger partial charge in [0, 0.05) is 39.1 Å². The van der Waals surface area contributed by atoms with Crippen molar-refractivity contribution in [2.24, 2.45) is 0 Å². The molecule has 1 N–H and O–H groups in total. The molecule has 0 radical (unpaired) electrons. The molecule has 1 aliphatic heterocycles. The van der Waals surface area contributed by atoms with Crippen molar-refractivity contribution >= 4 is 23.2 Å². The van der Waals surface area contributed by atoms with Crippen molar-refractivity contribution in [2.75, 3.05) is 37.6 Å². The number of halogens is 1. The van der Waals surface area contributed by atoms with E-state index in [1.165, 1.54) is 0 Å². The highest BCUT2D eigenvalue weighted by Crippen LogP contribution is 2.26. The zero-order valence-corrected chi connectivity index (χ0v) is 18.3. The van der Waals surface area contributed by atoms with Gasteiger partial charge in [-0.25, -0.2) is 0 Å². The van der Waals surface area contributed by atoms with Crippen molar-refractivity contribution in [3.05, 3.63) is 101 Å². The van der Waals surface area contributed by atoms with Gasteiger partial charge in [0.25, 0.3) is 0 Å². The Labute approximate surface area is 189 Å². The minimum Gasteiger partial charge on any atom is -0.368 e. The van der Waals surface area contributed by atoms with Crippen LogP contribution in [0.5, 0.6) is 0 Å². The van der Waals surface area contributed by atoms with E-state index in [-0.39, 0.29) is 11.9 Å². The van der Waals surface area contributed by atoms with Gasteiger partial charge in [0.1, 0.15) is 0 Å². The van der Waals surface area contributed by atoms with Gasteiger partial charge in [-0.3, -0.25) is 9.69 Å². The lowest BCUT2D eigenvalue weighted by atomic mass is 9.98. The fourth-order valence-electron chi connectivity index (χ4n) is 4.06. The molecule has 4 nitrogen and oxygen atoms in total. The number of hydrogen-bond donors (Lipinski definition) is 1. The van der Waals surface area contributed by atoms with Gasteiger partial charge in [-0.2, -0.15) is 0 Å². The summed E-state index contributed by atoms with van der Waals surface area (Å²) in [6.07, 6.45) is 0.488. The Morgan fingerprint density at radius 3 is 1.94 bits per heavy atom. The third-order valence-electron chi connectivity index (χ3n) is 5.79. The number of piperazine rings is 1. The number of para-hydroxylation sites is 1. The van der Waals surface area contributed by atoms with Gasteiger partial charge in [0.2, 0.25) is 5.91 Å². The smallest absolute Gasteiger partial charge is 0.222 e. The maximum Gasteiger partial charge on any atom is 0.222 e. The lowest BCUT2D eigenvalue weighted by molar-refractivity contribution is -0.121. The molecule has 0 aromatic heterocycles. The molecule has 4 rings (SSSR count). The Bertz CT molecular complexity index is 933. The van der Waals surface area contributed by atoms with Crippen LogP contribution in [0.1, 0.15) is 23.6 Å². The molecule has 3 aromatic rings. The molecule has 0 saturated carbocycles. The van der Waals surface area contributed by atoms with E-state index in [1.54, 1.807) is 0 Å². The number of nitrogens with one attached hydrogen (secondary N) is 1. The van der Waals surface area contributed by atoms with Gasteiger partial charge in [-0.05, 0) is 23.3 Å². The van der Waals surface area contributed by atoms with Crippen LogP contribution in [0.25, 0.3) is 0 Å². The summed E-state index contributed by atoms with van der Waals surface area (Å²) in [7, 11) is 0. The molecular weight excluding hydrogens is 406 g/mol. The summed E-state index contributed by atoms with van der Waals surface area (Å²) in [4.78, 5) is 17.5. The minimum atomic E-state index is -0.132. The number of anilines is 1. The number of amides is 1. The molecule has 1 aliphatic rings. The van der Waals surface area contributed by atoms with E-state index in [1.807, 2.05) is 54.6 Å². The summed E-state index contributed by atoms with van der Waals surface area (Å²) < 4.78 is 0. The van der Waals surface area contributed by atoms with Crippen molar-refractivity contribution in [1.29, 1.82) is 0 Å². The molecule has 31 heavy (non-hydrogen) atoms. The molecule has 0 bridgehead atoms. The third kappa shape index (κ3) is 5.66. The zero-order chi connectivity index (χ0) is 21.5. The second-order valence-corrected chi connectivity index (χ2v) is 8.26. The molecule has 160 valence electrons. The van der Waals surface area contributed by atoms with Gasteiger partial charge in [-0.1, -0.05) is 84.4 Å². The Kier molecular flexibility index (Phi) is 7.23. The summed E-state index contributed by atoms with van der Waals surface area (Å²) in [6.45, 7) is 4.46. The fourth-order valence-corrected chi connectivity index (χ4v) is 4.32. The number of hydrogen-bond acceptors (Lipinski definition) is 3. The van der Waals surface area contributed by atoms with Crippen LogP contribution in [-0.4, -0.2) is 43.5 Å².